The third-order valence-electron chi connectivity index (χ3n) is 3.83. The van der Waals surface area contributed by atoms with E-state index in [0.717, 1.165) is 0 Å². The van der Waals surface area contributed by atoms with Crippen LogP contribution in [0, 0.1) is 17.2 Å². The number of likely N-dealkylation sites (tertiary alicyclic amines) is 1. The Balaban J connectivity index is 1.92. The molecule has 2 amide bonds. The lowest BCUT2D eigenvalue weighted by Gasteiger charge is -2.32. The lowest BCUT2D eigenvalue weighted by molar-refractivity contribution is -0.140. The number of hydrogen-bond donors (Lipinski definition) is 1. The molecule has 1 aromatic carbocycles. The van der Waals surface area contributed by atoms with E-state index in [1.807, 2.05) is 6.07 Å². The molecule has 0 aliphatic carbocycles. The molecule has 0 aromatic heterocycles. The second-order valence-corrected chi connectivity index (χ2v) is 5.40. The fourth-order valence-corrected chi connectivity index (χ4v) is 2.53. The Morgan fingerprint density at radius 2 is 2.09 bits per heavy atom. The molecule has 2 rings (SSSR count). The van der Waals surface area contributed by atoms with Gasteiger partial charge in [-0.2, -0.15) is 5.26 Å². The maximum atomic E-state index is 12.4. The predicted octanol–water partition coefficient (Wildman–Crippen LogP) is 1.05. The van der Waals surface area contributed by atoms with E-state index < -0.39 is 6.10 Å². The normalized spacial score (nSPS) is 16.6. The molecule has 116 valence electrons. The molecular weight excluding hydrogens is 282 g/mol. The number of benzene rings is 1. The maximum absolute atomic E-state index is 12.4. The number of nitrogens with two attached hydrogens (primary N) is 1. The summed E-state index contributed by atoms with van der Waals surface area (Å²) in [6.07, 6.45) is 0.550. The number of ether oxygens (including phenoxy) is 1. The molecule has 0 unspecified atom stereocenters. The number of hydrogen-bond acceptors (Lipinski definition) is 4. The smallest absolute Gasteiger partial charge is 0.263 e. The van der Waals surface area contributed by atoms with Gasteiger partial charge >= 0.3 is 0 Å². The first-order valence-corrected chi connectivity index (χ1v) is 7.26. The molecule has 1 atom stereocenters. The molecule has 1 saturated heterocycles. The molecule has 6 heteroatoms. The summed E-state index contributed by atoms with van der Waals surface area (Å²) < 4.78 is 5.61. The predicted molar refractivity (Wildman–Crippen MR) is 79.7 cm³/mol. The second-order valence-electron chi connectivity index (χ2n) is 5.40. The number of nitrogens with zero attached hydrogens (tertiary/aromatic N) is 2. The van der Waals surface area contributed by atoms with Crippen LogP contribution in [-0.4, -0.2) is 35.9 Å². The largest absolute Gasteiger partial charge is 0.481 e. The number of piperidine rings is 1. The molecule has 0 spiro atoms. The van der Waals surface area contributed by atoms with E-state index in [4.69, 9.17) is 15.7 Å². The molecule has 6 nitrogen and oxygen atoms in total. The lowest BCUT2D eigenvalue weighted by Crippen LogP contribution is -2.46. The van der Waals surface area contributed by atoms with Crippen LogP contribution in [0.2, 0.25) is 0 Å². The molecule has 1 fully saturated rings. The van der Waals surface area contributed by atoms with Crippen LogP contribution >= 0.6 is 0 Å². The minimum Gasteiger partial charge on any atom is -0.481 e. The molecular formula is C16H19N3O3. The Hall–Kier alpha value is -2.55. The Morgan fingerprint density at radius 3 is 2.68 bits per heavy atom. The summed E-state index contributed by atoms with van der Waals surface area (Å²) in [6, 6.07) is 8.73. The van der Waals surface area contributed by atoms with Crippen LogP contribution in [0.4, 0.5) is 0 Å². The van der Waals surface area contributed by atoms with Gasteiger partial charge in [-0.1, -0.05) is 6.07 Å². The van der Waals surface area contributed by atoms with E-state index in [-0.39, 0.29) is 17.7 Å². The maximum Gasteiger partial charge on any atom is 0.263 e. The highest BCUT2D eigenvalue weighted by molar-refractivity contribution is 5.82. The Kier molecular flexibility index (Phi) is 4.99. The number of rotatable bonds is 4. The van der Waals surface area contributed by atoms with Crippen molar-refractivity contribution in [1.29, 1.82) is 5.26 Å². The van der Waals surface area contributed by atoms with Gasteiger partial charge in [0.15, 0.2) is 6.10 Å². The zero-order valence-electron chi connectivity index (χ0n) is 12.5. The third-order valence-corrected chi connectivity index (χ3v) is 3.83. The van der Waals surface area contributed by atoms with Gasteiger partial charge in [-0.25, -0.2) is 0 Å². The summed E-state index contributed by atoms with van der Waals surface area (Å²) in [6.45, 7) is 2.71. The first-order valence-electron chi connectivity index (χ1n) is 7.26. The van der Waals surface area contributed by atoms with Crippen LogP contribution in [0.5, 0.6) is 5.75 Å². The van der Waals surface area contributed by atoms with Gasteiger partial charge in [-0.15, -0.1) is 0 Å². The zero-order valence-corrected chi connectivity index (χ0v) is 12.5. The average molecular weight is 301 g/mol. The van der Waals surface area contributed by atoms with E-state index in [9.17, 15) is 9.59 Å². The summed E-state index contributed by atoms with van der Waals surface area (Å²) in [5, 5.41) is 8.86. The van der Waals surface area contributed by atoms with E-state index in [1.54, 1.807) is 36.1 Å². The highest BCUT2D eigenvalue weighted by Gasteiger charge is 2.29. The van der Waals surface area contributed by atoms with Crippen LogP contribution in [0.3, 0.4) is 0 Å². The summed E-state index contributed by atoms with van der Waals surface area (Å²) >= 11 is 0. The second kappa shape index (κ2) is 6.94. The zero-order chi connectivity index (χ0) is 16.1. The van der Waals surface area contributed by atoms with Gasteiger partial charge in [0.1, 0.15) is 5.75 Å². The minimum atomic E-state index is -0.640. The van der Waals surface area contributed by atoms with Crippen molar-refractivity contribution in [3.05, 3.63) is 29.8 Å². The first-order chi connectivity index (χ1) is 10.5. The summed E-state index contributed by atoms with van der Waals surface area (Å²) in [4.78, 5) is 25.2. The van der Waals surface area contributed by atoms with E-state index in [1.165, 1.54) is 0 Å². The minimum absolute atomic E-state index is 0.120. The molecule has 0 radical (unpaired) electrons. The Labute approximate surface area is 129 Å². The summed E-state index contributed by atoms with van der Waals surface area (Å²) in [7, 11) is 0. The third kappa shape index (κ3) is 3.76. The number of nitriles is 1. The highest BCUT2D eigenvalue weighted by atomic mass is 16.5. The molecule has 22 heavy (non-hydrogen) atoms. The van der Waals surface area contributed by atoms with Gasteiger partial charge in [-0.3, -0.25) is 9.59 Å². The SMILES string of the molecule is C[C@@H](Oc1cccc(C#N)c1)C(=O)N1CCC(C(N)=O)CC1. The van der Waals surface area contributed by atoms with Crippen LogP contribution in [0.1, 0.15) is 25.3 Å². The summed E-state index contributed by atoms with van der Waals surface area (Å²) in [5.41, 5.74) is 5.77. The lowest BCUT2D eigenvalue weighted by atomic mass is 9.96. The highest BCUT2D eigenvalue weighted by Crippen LogP contribution is 2.19. The molecule has 1 heterocycles. The van der Waals surface area contributed by atoms with Crippen LogP contribution in [0.15, 0.2) is 24.3 Å². The molecule has 0 bridgehead atoms. The van der Waals surface area contributed by atoms with Crippen molar-refractivity contribution in [3.8, 4) is 11.8 Å². The van der Waals surface area contributed by atoms with Crippen molar-refractivity contribution in [1.82, 2.24) is 4.90 Å². The monoisotopic (exact) mass is 301 g/mol. The van der Waals surface area contributed by atoms with Gasteiger partial charge in [0.2, 0.25) is 5.91 Å². The Morgan fingerprint density at radius 1 is 1.41 bits per heavy atom. The van der Waals surface area contributed by atoms with Crippen LogP contribution in [-0.2, 0) is 9.59 Å². The van der Waals surface area contributed by atoms with Gasteiger partial charge in [-0.05, 0) is 38.0 Å². The van der Waals surface area contributed by atoms with Crippen molar-refractivity contribution < 1.29 is 14.3 Å². The fraction of sp³-hybridized carbons (Fsp3) is 0.438. The molecule has 1 aliphatic heterocycles. The topological polar surface area (TPSA) is 96.4 Å². The fourth-order valence-electron chi connectivity index (χ4n) is 2.53. The standard InChI is InChI=1S/C16H19N3O3/c1-11(22-14-4-2-3-12(9-14)10-17)16(21)19-7-5-13(6-8-19)15(18)20/h2-4,9,11,13H,5-8H2,1H3,(H2,18,20)/t11-/m1/s1. The van der Waals surface area contributed by atoms with Crippen molar-refractivity contribution in [2.24, 2.45) is 11.7 Å². The van der Waals surface area contributed by atoms with Crippen molar-refractivity contribution >= 4 is 11.8 Å². The van der Waals surface area contributed by atoms with E-state index in [0.29, 0.717) is 37.2 Å². The van der Waals surface area contributed by atoms with Crippen molar-refractivity contribution in [3.63, 3.8) is 0 Å². The quantitative estimate of drug-likeness (QED) is 0.899. The molecule has 1 aliphatic rings. The number of amides is 2. The molecule has 1 aromatic rings. The molecule has 0 saturated carbocycles. The van der Waals surface area contributed by atoms with E-state index >= 15 is 0 Å². The van der Waals surface area contributed by atoms with Crippen molar-refractivity contribution in [2.45, 2.75) is 25.9 Å². The van der Waals surface area contributed by atoms with Gasteiger partial charge in [0.05, 0.1) is 11.6 Å². The molecule has 2 N–H and O–H groups in total. The Bertz CT molecular complexity index is 601. The van der Waals surface area contributed by atoms with Gasteiger partial charge in [0.25, 0.3) is 5.91 Å². The van der Waals surface area contributed by atoms with Gasteiger partial charge in [0, 0.05) is 19.0 Å². The number of primary amides is 1. The first kappa shape index (κ1) is 15.8. The average Bonchev–Trinajstić information content (AvgIpc) is 2.54. The number of carbonyl (C=O) groups is 2. The van der Waals surface area contributed by atoms with Crippen LogP contribution < -0.4 is 10.5 Å². The van der Waals surface area contributed by atoms with E-state index in [2.05, 4.69) is 0 Å². The van der Waals surface area contributed by atoms with Gasteiger partial charge < -0.3 is 15.4 Å². The van der Waals surface area contributed by atoms with Crippen molar-refractivity contribution in [2.75, 3.05) is 13.1 Å². The number of carbonyl (C=O) groups excluding carboxylic acids is 2. The summed E-state index contributed by atoms with van der Waals surface area (Å²) in [5.74, 6) is -0.0745. The van der Waals surface area contributed by atoms with Crippen LogP contribution in [0.25, 0.3) is 0 Å².